The molecule has 0 aliphatic rings. The third kappa shape index (κ3) is 8.63. The van der Waals surface area contributed by atoms with Gasteiger partial charge in [-0.05, 0) is 23.6 Å². The molecule has 0 saturated heterocycles. The second kappa shape index (κ2) is 10.4. The number of benzene rings is 1. The van der Waals surface area contributed by atoms with E-state index in [0.717, 1.165) is 11.6 Å². The Morgan fingerprint density at radius 1 is 1.26 bits per heavy atom. The molecule has 6 nitrogen and oxygen atoms in total. The maximum absolute atomic E-state index is 11.5. The van der Waals surface area contributed by atoms with E-state index in [4.69, 9.17) is 14.2 Å². The summed E-state index contributed by atoms with van der Waals surface area (Å²) in [5, 5.41) is 2.47. The van der Waals surface area contributed by atoms with E-state index in [1.807, 2.05) is 12.1 Å². The number of nitrogens with one attached hydrogen (secondary N) is 1. The van der Waals surface area contributed by atoms with Crippen molar-refractivity contribution in [2.75, 3.05) is 19.8 Å². The van der Waals surface area contributed by atoms with Crippen molar-refractivity contribution in [2.24, 2.45) is 5.92 Å². The predicted molar refractivity (Wildman–Crippen MR) is 86.1 cm³/mol. The minimum absolute atomic E-state index is 0.0616. The van der Waals surface area contributed by atoms with Crippen LogP contribution < -0.4 is 10.1 Å². The lowest BCUT2D eigenvalue weighted by atomic mass is 10.2. The van der Waals surface area contributed by atoms with Gasteiger partial charge in [-0.1, -0.05) is 32.6 Å². The fourth-order valence-corrected chi connectivity index (χ4v) is 1.57. The molecule has 0 radical (unpaired) electrons. The van der Waals surface area contributed by atoms with Gasteiger partial charge < -0.3 is 19.5 Å². The molecule has 1 N–H and O–H groups in total. The highest BCUT2D eigenvalue weighted by Gasteiger charge is 2.04. The third-order valence-electron chi connectivity index (χ3n) is 2.64. The molecule has 0 aromatic heterocycles. The first-order valence-corrected chi connectivity index (χ1v) is 7.42. The Bertz CT molecular complexity index is 510. The van der Waals surface area contributed by atoms with Crippen LogP contribution in [0.15, 0.2) is 36.9 Å². The molecule has 0 unspecified atom stereocenters. The second-order valence-electron chi connectivity index (χ2n) is 5.24. The van der Waals surface area contributed by atoms with Gasteiger partial charge in [0.2, 0.25) is 0 Å². The first kappa shape index (κ1) is 18.7. The molecule has 0 fully saturated rings. The SMILES string of the molecule is C=CC(=O)OCCNC(=O)Oc1ccc(COCC(C)C)cc1. The average molecular weight is 321 g/mol. The smallest absolute Gasteiger partial charge is 0.412 e. The first-order chi connectivity index (χ1) is 11.0. The van der Waals surface area contributed by atoms with Crippen LogP contribution in [0.25, 0.3) is 0 Å². The van der Waals surface area contributed by atoms with E-state index in [1.54, 1.807) is 12.1 Å². The molecular formula is C17H23NO5. The van der Waals surface area contributed by atoms with Crippen molar-refractivity contribution < 1.29 is 23.8 Å². The molecule has 126 valence electrons. The van der Waals surface area contributed by atoms with Gasteiger partial charge in [-0.2, -0.15) is 0 Å². The van der Waals surface area contributed by atoms with Crippen molar-refractivity contribution in [3.63, 3.8) is 0 Å². The van der Waals surface area contributed by atoms with Crippen LogP contribution in [0.3, 0.4) is 0 Å². The van der Waals surface area contributed by atoms with Crippen LogP contribution in [-0.2, 0) is 20.9 Å². The number of esters is 1. The quantitative estimate of drug-likeness (QED) is 0.430. The Morgan fingerprint density at radius 3 is 2.57 bits per heavy atom. The third-order valence-corrected chi connectivity index (χ3v) is 2.64. The summed E-state index contributed by atoms with van der Waals surface area (Å²) in [6, 6.07) is 7.08. The Labute approximate surface area is 136 Å². The van der Waals surface area contributed by atoms with Crippen LogP contribution in [0.5, 0.6) is 5.75 Å². The van der Waals surface area contributed by atoms with Gasteiger partial charge in [0.1, 0.15) is 12.4 Å². The number of amides is 1. The van der Waals surface area contributed by atoms with E-state index >= 15 is 0 Å². The van der Waals surface area contributed by atoms with Gasteiger partial charge in [-0.15, -0.1) is 0 Å². The maximum atomic E-state index is 11.5. The van der Waals surface area contributed by atoms with Crippen LogP contribution in [0, 0.1) is 5.92 Å². The molecule has 0 heterocycles. The van der Waals surface area contributed by atoms with E-state index in [0.29, 0.717) is 24.9 Å². The molecule has 0 atom stereocenters. The molecule has 1 amide bonds. The summed E-state index contributed by atoms with van der Waals surface area (Å²) in [7, 11) is 0. The zero-order valence-corrected chi connectivity index (χ0v) is 13.5. The van der Waals surface area contributed by atoms with Crippen molar-refractivity contribution in [3.8, 4) is 5.75 Å². The molecule has 0 aliphatic carbocycles. The highest BCUT2D eigenvalue weighted by atomic mass is 16.6. The fraction of sp³-hybridized carbons (Fsp3) is 0.412. The summed E-state index contributed by atoms with van der Waals surface area (Å²) in [5.74, 6) is 0.390. The van der Waals surface area contributed by atoms with E-state index in [1.165, 1.54) is 0 Å². The number of rotatable bonds is 9. The molecule has 1 aromatic rings. The number of hydrogen-bond acceptors (Lipinski definition) is 5. The van der Waals surface area contributed by atoms with Gasteiger partial charge in [-0.3, -0.25) is 0 Å². The topological polar surface area (TPSA) is 73.9 Å². The van der Waals surface area contributed by atoms with Crippen molar-refractivity contribution in [1.29, 1.82) is 0 Å². The zero-order valence-electron chi connectivity index (χ0n) is 13.5. The molecule has 0 aliphatic heterocycles. The van der Waals surface area contributed by atoms with Crippen LogP contribution in [-0.4, -0.2) is 31.8 Å². The lowest BCUT2D eigenvalue weighted by Gasteiger charge is -2.09. The minimum Gasteiger partial charge on any atom is -0.461 e. The molecule has 1 aromatic carbocycles. The normalized spacial score (nSPS) is 10.2. The van der Waals surface area contributed by atoms with E-state index in [-0.39, 0.29) is 13.2 Å². The highest BCUT2D eigenvalue weighted by Crippen LogP contribution is 2.13. The lowest BCUT2D eigenvalue weighted by molar-refractivity contribution is -0.137. The largest absolute Gasteiger partial charge is 0.461 e. The Kier molecular flexibility index (Phi) is 8.46. The van der Waals surface area contributed by atoms with Crippen LogP contribution in [0.1, 0.15) is 19.4 Å². The van der Waals surface area contributed by atoms with Crippen LogP contribution in [0.2, 0.25) is 0 Å². The van der Waals surface area contributed by atoms with Gasteiger partial charge in [0.15, 0.2) is 0 Å². The van der Waals surface area contributed by atoms with Gasteiger partial charge in [-0.25, -0.2) is 9.59 Å². The summed E-state index contributed by atoms with van der Waals surface area (Å²) >= 11 is 0. The standard InChI is InChI=1S/C17H23NO5/c1-4-16(19)22-10-9-18-17(20)23-15-7-5-14(6-8-15)12-21-11-13(2)3/h4-8,13H,1,9-12H2,2-3H3,(H,18,20). The van der Waals surface area contributed by atoms with E-state index < -0.39 is 12.1 Å². The molecule has 6 heteroatoms. The first-order valence-electron chi connectivity index (χ1n) is 7.42. The highest BCUT2D eigenvalue weighted by molar-refractivity contribution is 5.81. The van der Waals surface area contributed by atoms with Gasteiger partial charge in [0, 0.05) is 12.7 Å². The summed E-state index contributed by atoms with van der Waals surface area (Å²) in [6.45, 7) is 8.91. The zero-order chi connectivity index (χ0) is 17.1. The van der Waals surface area contributed by atoms with Gasteiger partial charge in [0.05, 0.1) is 13.2 Å². The number of carbonyl (C=O) groups is 2. The average Bonchev–Trinajstić information content (AvgIpc) is 2.52. The molecule has 1 rings (SSSR count). The van der Waals surface area contributed by atoms with Crippen molar-refractivity contribution in [2.45, 2.75) is 20.5 Å². The number of ether oxygens (including phenoxy) is 3. The molecule has 23 heavy (non-hydrogen) atoms. The maximum Gasteiger partial charge on any atom is 0.412 e. The fourth-order valence-electron chi connectivity index (χ4n) is 1.57. The van der Waals surface area contributed by atoms with E-state index in [2.05, 4.69) is 25.7 Å². The predicted octanol–water partition coefficient (Wildman–Crippen LogP) is 2.68. The van der Waals surface area contributed by atoms with Crippen molar-refractivity contribution in [1.82, 2.24) is 5.32 Å². The monoisotopic (exact) mass is 321 g/mol. The Hall–Kier alpha value is -2.34. The Morgan fingerprint density at radius 2 is 1.96 bits per heavy atom. The van der Waals surface area contributed by atoms with Crippen molar-refractivity contribution in [3.05, 3.63) is 42.5 Å². The summed E-state index contributed by atoms with van der Waals surface area (Å²) in [4.78, 5) is 22.3. The molecule has 0 saturated carbocycles. The second-order valence-corrected chi connectivity index (χ2v) is 5.24. The minimum atomic E-state index is -0.608. The summed E-state index contributed by atoms with van der Waals surface area (Å²) in [6.07, 6.45) is 0.452. The molecule has 0 bridgehead atoms. The van der Waals surface area contributed by atoms with Gasteiger partial charge in [0.25, 0.3) is 0 Å². The van der Waals surface area contributed by atoms with Crippen LogP contribution in [0.4, 0.5) is 4.79 Å². The Balaban J connectivity index is 2.27. The van der Waals surface area contributed by atoms with Crippen molar-refractivity contribution >= 4 is 12.1 Å². The van der Waals surface area contributed by atoms with Gasteiger partial charge >= 0.3 is 12.1 Å². The summed E-state index contributed by atoms with van der Waals surface area (Å²) in [5.41, 5.74) is 1.01. The summed E-state index contributed by atoms with van der Waals surface area (Å²) < 4.78 is 15.3. The van der Waals surface area contributed by atoms with E-state index in [9.17, 15) is 9.59 Å². The molecule has 0 spiro atoms. The lowest BCUT2D eigenvalue weighted by Crippen LogP contribution is -2.30. The molecular weight excluding hydrogens is 298 g/mol. The number of carbonyl (C=O) groups excluding carboxylic acids is 2. The van der Waals surface area contributed by atoms with Crippen LogP contribution >= 0.6 is 0 Å². The number of hydrogen-bond donors (Lipinski definition) is 1.